The Hall–Kier alpha value is -3.67. The summed E-state index contributed by atoms with van der Waals surface area (Å²) in [6, 6.07) is 19.8. The Labute approximate surface area is 247 Å². The third-order valence-corrected chi connectivity index (χ3v) is 8.50. The van der Waals surface area contributed by atoms with Gasteiger partial charge in [-0.2, -0.15) is 0 Å². The van der Waals surface area contributed by atoms with Crippen molar-refractivity contribution in [1.82, 2.24) is 4.90 Å². The van der Waals surface area contributed by atoms with Crippen LogP contribution in [0.1, 0.15) is 18.9 Å². The Morgan fingerprint density at radius 1 is 1.10 bits per heavy atom. The first-order valence-corrected chi connectivity index (χ1v) is 15.5. The summed E-state index contributed by atoms with van der Waals surface area (Å²) in [5.41, 5.74) is 0.874. The first kappa shape index (κ1) is 31.3. The first-order chi connectivity index (χ1) is 20.1. The lowest BCUT2D eigenvalue weighted by Crippen LogP contribution is -2.61. The number of carbonyl (C=O) groups excluding carboxylic acids is 1. The summed E-state index contributed by atoms with van der Waals surface area (Å²) >= 11 is 1.43. The fourth-order valence-corrected chi connectivity index (χ4v) is 6.64. The Balaban J connectivity index is 0.000000208. The van der Waals surface area contributed by atoms with Crippen LogP contribution in [-0.4, -0.2) is 50.0 Å². The summed E-state index contributed by atoms with van der Waals surface area (Å²) in [4.78, 5) is 37.3. The predicted octanol–water partition coefficient (Wildman–Crippen LogP) is 2.72. The van der Waals surface area contributed by atoms with E-state index in [1.54, 1.807) is 67.6 Å². The number of phosphoric acid groups is 1. The maximum Gasteiger partial charge on any atom is 0.372 e. The lowest BCUT2D eigenvalue weighted by molar-refractivity contribution is -0.692. The van der Waals surface area contributed by atoms with Crippen LogP contribution in [0.4, 0.5) is 0 Å². The second kappa shape index (κ2) is 14.0. The second-order valence-electron chi connectivity index (χ2n) is 9.54. The number of carboxylic acids is 1. The molecule has 3 heterocycles. The molecule has 0 saturated carbocycles. The van der Waals surface area contributed by atoms with E-state index in [0.717, 1.165) is 5.56 Å². The van der Waals surface area contributed by atoms with Gasteiger partial charge in [-0.1, -0.05) is 36.4 Å². The number of rotatable bonds is 11. The number of fused-ring (bicyclic) bond motifs is 1. The van der Waals surface area contributed by atoms with E-state index in [1.807, 2.05) is 29.1 Å². The molecule has 222 valence electrons. The van der Waals surface area contributed by atoms with Gasteiger partial charge in [-0.25, -0.2) is 13.9 Å². The zero-order valence-electron chi connectivity index (χ0n) is 22.7. The molecule has 42 heavy (non-hydrogen) atoms. The third kappa shape index (κ3) is 7.78. The van der Waals surface area contributed by atoms with Crippen molar-refractivity contribution in [3.8, 4) is 11.5 Å². The van der Waals surface area contributed by atoms with Gasteiger partial charge in [-0.05, 0) is 37.3 Å². The van der Waals surface area contributed by atoms with Gasteiger partial charge in [0.15, 0.2) is 18.9 Å². The number of carboxylic acid groups (broad SMARTS) is 1. The van der Waals surface area contributed by atoms with Crippen LogP contribution in [0, 0.1) is 5.92 Å². The van der Waals surface area contributed by atoms with Crippen LogP contribution in [0.3, 0.4) is 0 Å². The number of aromatic nitrogens is 1. The van der Waals surface area contributed by atoms with Crippen molar-refractivity contribution in [1.29, 1.82) is 0 Å². The SMILES string of the molecule is C[C@@H](O)[C@H]1C(=O)N2C(C(=O)O)=C(SCC[n+]3cccc(CO)c3)C[C@H]12.O=P([O-])(Oc1ccccc1)Oc1ccccc1. The monoisotopic (exact) mass is 614 g/mol. The van der Waals surface area contributed by atoms with Crippen LogP contribution in [0.15, 0.2) is 95.8 Å². The van der Waals surface area contributed by atoms with Gasteiger partial charge in [0.25, 0.3) is 0 Å². The van der Waals surface area contributed by atoms with Crippen molar-refractivity contribution in [2.45, 2.75) is 38.6 Å². The summed E-state index contributed by atoms with van der Waals surface area (Å²) in [5, 5.41) is 28.4. The number of aliphatic carboxylic acids is 1. The lowest BCUT2D eigenvalue weighted by Gasteiger charge is -2.44. The van der Waals surface area contributed by atoms with Crippen LogP contribution >= 0.6 is 19.6 Å². The number of aliphatic hydroxyl groups excluding tert-OH is 2. The van der Waals surface area contributed by atoms with Crippen molar-refractivity contribution in [2.24, 2.45) is 5.92 Å². The summed E-state index contributed by atoms with van der Waals surface area (Å²) in [6.45, 7) is 2.20. The molecule has 11 nitrogen and oxygen atoms in total. The highest BCUT2D eigenvalue weighted by Crippen LogP contribution is 2.47. The molecule has 1 saturated heterocycles. The molecule has 2 aliphatic rings. The smallest absolute Gasteiger partial charge is 0.372 e. The van der Waals surface area contributed by atoms with Gasteiger partial charge in [0.05, 0.1) is 30.4 Å². The molecule has 0 spiro atoms. The molecular weight excluding hydrogens is 583 g/mol. The number of thioether (sulfide) groups is 1. The fourth-order valence-electron chi connectivity index (χ4n) is 4.68. The number of nitrogens with zero attached hydrogens (tertiary/aromatic N) is 2. The summed E-state index contributed by atoms with van der Waals surface area (Å²) < 4.78 is 23.1. The highest BCUT2D eigenvalue weighted by molar-refractivity contribution is 8.03. The minimum atomic E-state index is -4.39. The molecule has 1 aromatic heterocycles. The van der Waals surface area contributed by atoms with Gasteiger partial charge in [-0.3, -0.25) is 4.79 Å². The van der Waals surface area contributed by atoms with Crippen LogP contribution in [-0.2, 0) is 27.3 Å². The van der Waals surface area contributed by atoms with Crippen molar-refractivity contribution in [3.63, 3.8) is 0 Å². The highest BCUT2D eigenvalue weighted by Gasteiger charge is 2.56. The van der Waals surface area contributed by atoms with E-state index >= 15 is 0 Å². The molecule has 3 atom stereocenters. The average Bonchev–Trinajstić information content (AvgIpc) is 3.28. The molecule has 13 heteroatoms. The number of phosphoric ester groups is 1. The van der Waals surface area contributed by atoms with Gasteiger partial charge in [0.2, 0.25) is 5.91 Å². The number of β-lactam (4-membered cyclic amide) rings is 1. The standard InChI is InChI=1S/C17H20N2O5S.C12H11O4P/c1-10(21)14-12-7-13(15(17(23)24)19(12)16(14)22)25-6-5-18-4-2-3-11(8-18)9-20;13-17(14,15-11-7-3-1-4-8-11)16-12-9-5-2-6-10-12/h2-4,8,10,12,14,20-21H,5-7,9H2,1H3;1-10H,(H,13,14)/t10-,12-,14-;/m1./s1. The van der Waals surface area contributed by atoms with Gasteiger partial charge in [-0.15, -0.1) is 11.8 Å². The molecule has 1 amide bonds. The summed E-state index contributed by atoms with van der Waals surface area (Å²) in [5.74, 6) is -0.818. The number of para-hydroxylation sites is 2. The molecule has 0 aliphatic carbocycles. The van der Waals surface area contributed by atoms with E-state index in [1.165, 1.54) is 16.7 Å². The predicted molar refractivity (Wildman–Crippen MR) is 152 cm³/mol. The third-order valence-electron chi connectivity index (χ3n) is 6.54. The molecule has 1 fully saturated rings. The minimum absolute atomic E-state index is 0.0260. The van der Waals surface area contributed by atoms with Crippen molar-refractivity contribution in [3.05, 3.63) is 101 Å². The Bertz CT molecular complexity index is 1420. The van der Waals surface area contributed by atoms with Gasteiger partial charge >= 0.3 is 13.8 Å². The average molecular weight is 615 g/mol. The van der Waals surface area contributed by atoms with Crippen LogP contribution in [0.5, 0.6) is 11.5 Å². The zero-order valence-corrected chi connectivity index (χ0v) is 24.4. The van der Waals surface area contributed by atoms with E-state index < -0.39 is 25.8 Å². The minimum Gasteiger partial charge on any atom is -0.736 e. The van der Waals surface area contributed by atoms with Gasteiger partial charge < -0.3 is 34.2 Å². The molecule has 0 bridgehead atoms. The number of aryl methyl sites for hydroxylation is 1. The van der Waals surface area contributed by atoms with Crippen LogP contribution < -0.4 is 18.5 Å². The molecule has 3 aromatic rings. The number of pyridine rings is 1. The number of carbonyl (C=O) groups is 2. The van der Waals surface area contributed by atoms with Crippen LogP contribution in [0.2, 0.25) is 0 Å². The topological polar surface area (TPSA) is 161 Å². The molecular formula is C29H31N2O9PS. The molecule has 2 aliphatic heterocycles. The van der Waals surface area contributed by atoms with Crippen molar-refractivity contribution < 1.29 is 48.0 Å². The van der Waals surface area contributed by atoms with Crippen LogP contribution in [0.25, 0.3) is 0 Å². The largest absolute Gasteiger partial charge is 0.736 e. The molecule has 5 rings (SSSR count). The van der Waals surface area contributed by atoms with Crippen molar-refractivity contribution >= 4 is 31.5 Å². The molecule has 3 N–H and O–H groups in total. The van der Waals surface area contributed by atoms with Gasteiger partial charge in [0.1, 0.15) is 17.2 Å². The number of hydrogen-bond acceptors (Lipinski definition) is 9. The maximum atomic E-state index is 12.1. The van der Waals surface area contributed by atoms with E-state index in [2.05, 4.69) is 0 Å². The number of aliphatic hydroxyl groups is 2. The Morgan fingerprint density at radius 2 is 1.69 bits per heavy atom. The van der Waals surface area contributed by atoms with E-state index in [0.29, 0.717) is 23.6 Å². The second-order valence-corrected chi connectivity index (χ2v) is 12.0. The molecule has 2 aromatic carbocycles. The first-order valence-electron chi connectivity index (χ1n) is 13.1. The molecule has 0 radical (unpaired) electrons. The number of hydrogen-bond donors (Lipinski definition) is 3. The fraction of sp³-hybridized carbons (Fsp3) is 0.276. The highest BCUT2D eigenvalue weighted by atomic mass is 32.2. The number of amides is 1. The number of benzene rings is 2. The maximum absolute atomic E-state index is 12.1. The van der Waals surface area contributed by atoms with Gasteiger partial charge in [0, 0.05) is 23.0 Å². The Morgan fingerprint density at radius 3 is 2.21 bits per heavy atom. The summed E-state index contributed by atoms with van der Waals surface area (Å²) in [6.07, 6.45) is 3.45. The van der Waals surface area contributed by atoms with E-state index in [-0.39, 0.29) is 35.8 Å². The lowest BCUT2D eigenvalue weighted by atomic mass is 9.83. The normalized spacial score (nSPS) is 18.4. The quantitative estimate of drug-likeness (QED) is 0.166. The van der Waals surface area contributed by atoms with E-state index in [9.17, 15) is 29.3 Å². The zero-order chi connectivity index (χ0) is 30.3. The van der Waals surface area contributed by atoms with E-state index in [4.69, 9.17) is 14.2 Å². The molecule has 0 unspecified atom stereocenters. The Kier molecular flexibility index (Phi) is 10.4. The summed E-state index contributed by atoms with van der Waals surface area (Å²) in [7, 11) is -4.39. The van der Waals surface area contributed by atoms with Crippen molar-refractivity contribution in [2.75, 3.05) is 5.75 Å².